The van der Waals surface area contributed by atoms with Gasteiger partial charge in [-0.2, -0.15) is 0 Å². The predicted octanol–water partition coefficient (Wildman–Crippen LogP) is 5.00. The second kappa shape index (κ2) is 15.5. The molecule has 0 aromatic heterocycles. The molecule has 0 aromatic rings. The van der Waals surface area contributed by atoms with Crippen LogP contribution in [0.5, 0.6) is 0 Å². The Morgan fingerprint density at radius 1 is 0.917 bits per heavy atom. The zero-order chi connectivity index (χ0) is 18.2. The van der Waals surface area contributed by atoms with Gasteiger partial charge in [-0.05, 0) is 18.8 Å². The Hall–Kier alpha value is -1.06. The minimum absolute atomic E-state index is 0.0625. The predicted molar refractivity (Wildman–Crippen MR) is 99.9 cm³/mol. The molecule has 0 heterocycles. The molecule has 142 valence electrons. The Balaban J connectivity index is 3.78. The largest absolute Gasteiger partial charge is 0.469 e. The summed E-state index contributed by atoms with van der Waals surface area (Å²) in [6.07, 6.45) is 12.9. The average molecular weight is 342 g/mol. The minimum atomic E-state index is -0.260. The topological polar surface area (TPSA) is 55.4 Å². The molecule has 0 saturated heterocycles. The van der Waals surface area contributed by atoms with Gasteiger partial charge in [0, 0.05) is 12.5 Å². The fourth-order valence-corrected chi connectivity index (χ4v) is 2.94. The molecule has 0 rings (SSSR count). The number of nitrogens with one attached hydrogen (secondary N) is 1. The van der Waals surface area contributed by atoms with E-state index in [0.29, 0.717) is 12.3 Å². The maximum atomic E-state index is 12.0. The van der Waals surface area contributed by atoms with Crippen molar-refractivity contribution in [2.24, 2.45) is 5.92 Å². The molecule has 0 spiro atoms. The second-order valence-electron chi connectivity index (χ2n) is 7.25. The van der Waals surface area contributed by atoms with Crippen molar-refractivity contribution in [3.8, 4) is 0 Å². The average Bonchev–Trinajstić information content (AvgIpc) is 2.52. The van der Waals surface area contributed by atoms with Crippen molar-refractivity contribution < 1.29 is 14.3 Å². The second-order valence-corrected chi connectivity index (χ2v) is 7.25. The molecule has 0 unspecified atom stereocenters. The number of hydrogen-bond donors (Lipinski definition) is 1. The third-order valence-corrected chi connectivity index (χ3v) is 4.27. The third kappa shape index (κ3) is 14.5. The highest BCUT2D eigenvalue weighted by Crippen LogP contribution is 2.12. The Morgan fingerprint density at radius 3 is 1.96 bits per heavy atom. The first kappa shape index (κ1) is 22.9. The van der Waals surface area contributed by atoms with Gasteiger partial charge in [0.05, 0.1) is 13.5 Å². The van der Waals surface area contributed by atoms with E-state index in [2.05, 4.69) is 26.1 Å². The van der Waals surface area contributed by atoms with Crippen LogP contribution in [0.2, 0.25) is 0 Å². The highest BCUT2D eigenvalue weighted by molar-refractivity contribution is 5.77. The van der Waals surface area contributed by atoms with Crippen LogP contribution < -0.4 is 5.32 Å². The highest BCUT2D eigenvalue weighted by atomic mass is 16.5. The van der Waals surface area contributed by atoms with Crippen LogP contribution in [0.25, 0.3) is 0 Å². The number of ether oxygens (including phenoxy) is 1. The van der Waals surface area contributed by atoms with Crippen molar-refractivity contribution >= 4 is 11.9 Å². The fourth-order valence-electron chi connectivity index (χ4n) is 2.94. The number of methoxy groups -OCH3 is 1. The van der Waals surface area contributed by atoms with Gasteiger partial charge in [0.1, 0.15) is 0 Å². The van der Waals surface area contributed by atoms with Crippen LogP contribution in [0, 0.1) is 5.92 Å². The van der Waals surface area contributed by atoms with E-state index in [9.17, 15) is 9.59 Å². The third-order valence-electron chi connectivity index (χ3n) is 4.27. The summed E-state index contributed by atoms with van der Waals surface area (Å²) in [5.41, 5.74) is 0. The zero-order valence-corrected chi connectivity index (χ0v) is 16.4. The van der Waals surface area contributed by atoms with Crippen molar-refractivity contribution in [3.63, 3.8) is 0 Å². The lowest BCUT2D eigenvalue weighted by atomic mass is 10.0. The van der Waals surface area contributed by atoms with E-state index in [1.165, 1.54) is 52.1 Å². The quantitative estimate of drug-likeness (QED) is 0.337. The molecule has 0 aromatic carbocycles. The summed E-state index contributed by atoms with van der Waals surface area (Å²) < 4.78 is 4.71. The molecule has 1 amide bonds. The SMILES string of the molecule is CCCCCCCCCCCC(=O)N[C@@H](CC(=O)OC)CC(C)C. The molecule has 0 aliphatic heterocycles. The summed E-state index contributed by atoms with van der Waals surface area (Å²) in [6, 6.07) is -0.108. The number of carbonyl (C=O) groups excluding carboxylic acids is 2. The number of amides is 1. The van der Waals surface area contributed by atoms with Gasteiger partial charge in [0.15, 0.2) is 0 Å². The van der Waals surface area contributed by atoms with Gasteiger partial charge in [-0.15, -0.1) is 0 Å². The summed E-state index contributed by atoms with van der Waals surface area (Å²) >= 11 is 0. The molecule has 0 radical (unpaired) electrons. The van der Waals surface area contributed by atoms with Crippen LogP contribution in [0.4, 0.5) is 0 Å². The van der Waals surface area contributed by atoms with Crippen LogP contribution >= 0.6 is 0 Å². The van der Waals surface area contributed by atoms with E-state index in [1.54, 1.807) is 0 Å². The van der Waals surface area contributed by atoms with Crippen molar-refractivity contribution in [3.05, 3.63) is 0 Å². The number of unbranched alkanes of at least 4 members (excludes halogenated alkanes) is 8. The number of rotatable bonds is 15. The minimum Gasteiger partial charge on any atom is -0.469 e. The molecule has 1 atom stereocenters. The van der Waals surface area contributed by atoms with Gasteiger partial charge in [0.25, 0.3) is 0 Å². The smallest absolute Gasteiger partial charge is 0.307 e. The number of esters is 1. The van der Waals surface area contributed by atoms with Gasteiger partial charge in [-0.1, -0.05) is 72.1 Å². The lowest BCUT2D eigenvalue weighted by molar-refractivity contribution is -0.141. The van der Waals surface area contributed by atoms with E-state index in [4.69, 9.17) is 4.74 Å². The Morgan fingerprint density at radius 2 is 1.46 bits per heavy atom. The number of carbonyl (C=O) groups is 2. The standard InChI is InChI=1S/C20H39NO3/c1-5-6-7-8-9-10-11-12-13-14-19(22)21-18(15-17(2)3)16-20(23)24-4/h17-18H,5-16H2,1-4H3,(H,21,22)/t18-/m1/s1. The molecule has 0 saturated carbocycles. The zero-order valence-electron chi connectivity index (χ0n) is 16.4. The summed E-state index contributed by atoms with van der Waals surface area (Å²) in [5, 5.41) is 3.00. The van der Waals surface area contributed by atoms with E-state index >= 15 is 0 Å². The number of hydrogen-bond acceptors (Lipinski definition) is 3. The van der Waals surface area contributed by atoms with Crippen molar-refractivity contribution in [1.29, 1.82) is 0 Å². The van der Waals surface area contributed by atoms with E-state index in [1.807, 2.05) is 0 Å². The summed E-state index contributed by atoms with van der Waals surface area (Å²) in [6.45, 7) is 6.43. The van der Waals surface area contributed by atoms with Gasteiger partial charge >= 0.3 is 5.97 Å². The Kier molecular flexibility index (Phi) is 14.8. The maximum absolute atomic E-state index is 12.0. The van der Waals surface area contributed by atoms with E-state index < -0.39 is 0 Å². The lowest BCUT2D eigenvalue weighted by Gasteiger charge is -2.19. The summed E-state index contributed by atoms with van der Waals surface area (Å²) in [5.74, 6) is 0.240. The molecular weight excluding hydrogens is 302 g/mol. The normalized spacial score (nSPS) is 12.2. The van der Waals surface area contributed by atoms with Crippen LogP contribution in [0.1, 0.15) is 97.8 Å². The van der Waals surface area contributed by atoms with Gasteiger partial charge in [-0.25, -0.2) is 0 Å². The van der Waals surface area contributed by atoms with Gasteiger partial charge < -0.3 is 10.1 Å². The molecule has 0 aliphatic rings. The molecule has 0 aliphatic carbocycles. The monoisotopic (exact) mass is 341 g/mol. The van der Waals surface area contributed by atoms with Crippen LogP contribution in [-0.4, -0.2) is 25.0 Å². The molecule has 4 nitrogen and oxygen atoms in total. The molecule has 1 N–H and O–H groups in total. The van der Waals surface area contributed by atoms with Crippen molar-refractivity contribution in [1.82, 2.24) is 5.32 Å². The first-order valence-corrected chi connectivity index (χ1v) is 9.85. The van der Waals surface area contributed by atoms with Gasteiger partial charge in [0.2, 0.25) is 5.91 Å². The Bertz CT molecular complexity index is 329. The van der Waals surface area contributed by atoms with Crippen LogP contribution in [0.3, 0.4) is 0 Å². The van der Waals surface area contributed by atoms with Gasteiger partial charge in [-0.3, -0.25) is 9.59 Å². The summed E-state index contributed by atoms with van der Waals surface area (Å²) in [4.78, 5) is 23.5. The molecule has 4 heteroatoms. The lowest BCUT2D eigenvalue weighted by Crippen LogP contribution is -2.37. The van der Waals surface area contributed by atoms with Crippen molar-refractivity contribution in [2.75, 3.05) is 7.11 Å². The molecule has 0 fully saturated rings. The van der Waals surface area contributed by atoms with Crippen molar-refractivity contribution in [2.45, 2.75) is 104 Å². The first-order chi connectivity index (χ1) is 11.5. The highest BCUT2D eigenvalue weighted by Gasteiger charge is 2.17. The van der Waals surface area contributed by atoms with E-state index in [0.717, 1.165) is 19.3 Å². The first-order valence-electron chi connectivity index (χ1n) is 9.85. The summed E-state index contributed by atoms with van der Waals surface area (Å²) in [7, 11) is 1.39. The van der Waals surface area contributed by atoms with E-state index in [-0.39, 0.29) is 24.3 Å². The molecule has 0 bridgehead atoms. The molecular formula is C20H39NO3. The molecule has 24 heavy (non-hydrogen) atoms. The Labute approximate surface area is 149 Å². The maximum Gasteiger partial charge on any atom is 0.307 e. The van der Waals surface area contributed by atoms with Crippen LogP contribution in [0.15, 0.2) is 0 Å². The van der Waals surface area contributed by atoms with Crippen LogP contribution in [-0.2, 0) is 14.3 Å². The fraction of sp³-hybridized carbons (Fsp3) is 0.900.